The van der Waals surface area contributed by atoms with Crippen LogP contribution in [0.5, 0.6) is 0 Å². The van der Waals surface area contributed by atoms with Crippen molar-refractivity contribution in [2.24, 2.45) is 5.73 Å². The van der Waals surface area contributed by atoms with E-state index in [1.807, 2.05) is 0 Å². The summed E-state index contributed by atoms with van der Waals surface area (Å²) in [6.07, 6.45) is 0.793. The fourth-order valence-electron chi connectivity index (χ4n) is 1.78. The quantitative estimate of drug-likeness (QED) is 0.855. The van der Waals surface area contributed by atoms with Gasteiger partial charge in [0, 0.05) is 24.7 Å². The molecular weight excluding hydrogens is 266 g/mol. The van der Waals surface area contributed by atoms with Crippen LogP contribution in [0.4, 0.5) is 4.39 Å². The van der Waals surface area contributed by atoms with Gasteiger partial charge in [0.1, 0.15) is 5.82 Å². The normalized spacial score (nSPS) is 19.0. The Hall–Kier alpha value is -0.840. The van der Waals surface area contributed by atoms with Gasteiger partial charge in [-0.2, -0.15) is 0 Å². The van der Waals surface area contributed by atoms with Crippen molar-refractivity contribution in [3.8, 4) is 0 Å². The Labute approximate surface area is 110 Å². The van der Waals surface area contributed by atoms with Crippen molar-refractivity contribution < 1.29 is 9.18 Å². The highest BCUT2D eigenvalue weighted by atomic mass is 35.5. The maximum absolute atomic E-state index is 13.2. The molecule has 94 valence electrons. The SMILES string of the molecule is Cl.N[C@H]1CCN(C(=O)c2ccc(Cl)c(F)c2)C1. The van der Waals surface area contributed by atoms with Crippen LogP contribution in [0.15, 0.2) is 18.2 Å². The van der Waals surface area contributed by atoms with E-state index in [0.717, 1.165) is 12.5 Å². The summed E-state index contributed by atoms with van der Waals surface area (Å²) in [6, 6.07) is 4.10. The standard InChI is InChI=1S/C11H12ClFN2O.ClH/c12-9-2-1-7(5-10(9)13)11(16)15-4-3-8(14)6-15;/h1-2,5,8H,3-4,6,14H2;1H/t8-;/m0./s1. The molecule has 0 saturated carbocycles. The molecular formula is C11H13Cl2FN2O. The van der Waals surface area contributed by atoms with E-state index in [1.54, 1.807) is 4.90 Å². The van der Waals surface area contributed by atoms with Crippen LogP contribution in [0.3, 0.4) is 0 Å². The lowest BCUT2D eigenvalue weighted by Crippen LogP contribution is -2.31. The maximum atomic E-state index is 13.2. The third-order valence-corrected chi connectivity index (χ3v) is 2.98. The van der Waals surface area contributed by atoms with Crippen molar-refractivity contribution in [3.05, 3.63) is 34.6 Å². The number of nitrogens with two attached hydrogens (primary N) is 1. The summed E-state index contributed by atoms with van der Waals surface area (Å²) in [4.78, 5) is 13.5. The number of halogens is 3. The largest absolute Gasteiger partial charge is 0.337 e. The van der Waals surface area contributed by atoms with Crippen molar-refractivity contribution in [1.82, 2.24) is 4.90 Å². The Balaban J connectivity index is 0.00000144. The van der Waals surface area contributed by atoms with Gasteiger partial charge in [-0.3, -0.25) is 4.79 Å². The van der Waals surface area contributed by atoms with Crippen molar-refractivity contribution in [1.29, 1.82) is 0 Å². The van der Waals surface area contributed by atoms with Crippen molar-refractivity contribution in [3.63, 3.8) is 0 Å². The van der Waals surface area contributed by atoms with Gasteiger partial charge in [-0.15, -0.1) is 12.4 Å². The number of benzene rings is 1. The van der Waals surface area contributed by atoms with E-state index in [1.165, 1.54) is 12.1 Å². The predicted molar refractivity (Wildman–Crippen MR) is 67.2 cm³/mol. The monoisotopic (exact) mass is 278 g/mol. The Morgan fingerprint density at radius 1 is 1.53 bits per heavy atom. The molecule has 1 heterocycles. The summed E-state index contributed by atoms with van der Waals surface area (Å²) in [5, 5.41) is 0.0228. The molecule has 2 rings (SSSR count). The van der Waals surface area contributed by atoms with Gasteiger partial charge < -0.3 is 10.6 Å². The molecule has 1 amide bonds. The molecule has 1 atom stereocenters. The number of hydrogen-bond acceptors (Lipinski definition) is 2. The van der Waals surface area contributed by atoms with E-state index in [2.05, 4.69) is 0 Å². The van der Waals surface area contributed by atoms with Gasteiger partial charge in [-0.25, -0.2) is 4.39 Å². The molecule has 0 spiro atoms. The summed E-state index contributed by atoms with van der Waals surface area (Å²) in [7, 11) is 0. The zero-order valence-corrected chi connectivity index (χ0v) is 10.6. The smallest absolute Gasteiger partial charge is 0.254 e. The number of hydrogen-bond donors (Lipinski definition) is 1. The summed E-state index contributed by atoms with van der Waals surface area (Å²) in [5.74, 6) is -0.764. The topological polar surface area (TPSA) is 46.3 Å². The second-order valence-corrected chi connectivity index (χ2v) is 4.34. The van der Waals surface area contributed by atoms with Gasteiger partial charge in [-0.05, 0) is 24.6 Å². The van der Waals surface area contributed by atoms with E-state index < -0.39 is 5.82 Å². The summed E-state index contributed by atoms with van der Waals surface area (Å²) in [5.41, 5.74) is 6.02. The molecule has 3 nitrogen and oxygen atoms in total. The fourth-order valence-corrected chi connectivity index (χ4v) is 1.90. The first-order valence-electron chi connectivity index (χ1n) is 5.08. The van der Waals surface area contributed by atoms with Crippen LogP contribution in [0.1, 0.15) is 16.8 Å². The van der Waals surface area contributed by atoms with E-state index in [4.69, 9.17) is 17.3 Å². The van der Waals surface area contributed by atoms with Gasteiger partial charge in [0.2, 0.25) is 0 Å². The van der Waals surface area contributed by atoms with Gasteiger partial charge in [0.25, 0.3) is 5.91 Å². The average molecular weight is 279 g/mol. The molecule has 1 aliphatic rings. The van der Waals surface area contributed by atoms with Crippen molar-refractivity contribution in [2.45, 2.75) is 12.5 Å². The van der Waals surface area contributed by atoms with Gasteiger partial charge in [-0.1, -0.05) is 11.6 Å². The van der Waals surface area contributed by atoms with E-state index in [0.29, 0.717) is 18.7 Å². The first-order chi connectivity index (χ1) is 7.58. The minimum absolute atomic E-state index is 0. The van der Waals surface area contributed by atoms with Crippen molar-refractivity contribution in [2.75, 3.05) is 13.1 Å². The van der Waals surface area contributed by atoms with Crippen molar-refractivity contribution >= 4 is 29.9 Å². The average Bonchev–Trinajstić information content (AvgIpc) is 2.68. The highest BCUT2D eigenvalue weighted by molar-refractivity contribution is 6.30. The van der Waals surface area contributed by atoms with Gasteiger partial charge in [0.05, 0.1) is 5.02 Å². The number of carbonyl (C=O) groups is 1. The van der Waals surface area contributed by atoms with Crippen LogP contribution in [0, 0.1) is 5.82 Å². The Bertz CT molecular complexity index is 428. The third kappa shape index (κ3) is 3.09. The van der Waals surface area contributed by atoms with Crippen LogP contribution >= 0.6 is 24.0 Å². The van der Waals surface area contributed by atoms with Crippen LogP contribution in [0.25, 0.3) is 0 Å². The van der Waals surface area contributed by atoms with E-state index in [-0.39, 0.29) is 29.4 Å². The molecule has 17 heavy (non-hydrogen) atoms. The van der Waals surface area contributed by atoms with Gasteiger partial charge in [0.15, 0.2) is 0 Å². The second kappa shape index (κ2) is 5.67. The van der Waals surface area contributed by atoms with Gasteiger partial charge >= 0.3 is 0 Å². The molecule has 0 aliphatic carbocycles. The number of carbonyl (C=O) groups excluding carboxylic acids is 1. The van der Waals surface area contributed by atoms with Crippen LogP contribution in [-0.4, -0.2) is 29.9 Å². The molecule has 0 radical (unpaired) electrons. The highest BCUT2D eigenvalue weighted by Gasteiger charge is 2.24. The lowest BCUT2D eigenvalue weighted by Gasteiger charge is -2.15. The lowest BCUT2D eigenvalue weighted by atomic mass is 10.2. The van der Waals surface area contributed by atoms with Crippen LogP contribution in [0.2, 0.25) is 5.02 Å². The molecule has 6 heteroatoms. The Morgan fingerprint density at radius 3 is 2.76 bits per heavy atom. The molecule has 1 aromatic carbocycles. The molecule has 1 aliphatic heterocycles. The third-order valence-electron chi connectivity index (χ3n) is 2.68. The maximum Gasteiger partial charge on any atom is 0.254 e. The lowest BCUT2D eigenvalue weighted by molar-refractivity contribution is 0.0790. The summed E-state index contributed by atoms with van der Waals surface area (Å²) >= 11 is 5.55. The minimum Gasteiger partial charge on any atom is -0.337 e. The van der Waals surface area contributed by atoms with Crippen LogP contribution in [-0.2, 0) is 0 Å². The number of likely N-dealkylation sites (tertiary alicyclic amines) is 1. The molecule has 1 aromatic rings. The summed E-state index contributed by atoms with van der Waals surface area (Å²) in [6.45, 7) is 1.16. The highest BCUT2D eigenvalue weighted by Crippen LogP contribution is 2.18. The molecule has 0 unspecified atom stereocenters. The number of amides is 1. The number of rotatable bonds is 1. The first kappa shape index (κ1) is 14.2. The van der Waals surface area contributed by atoms with E-state index in [9.17, 15) is 9.18 Å². The Kier molecular flexibility index (Phi) is 4.74. The number of nitrogens with zero attached hydrogens (tertiary/aromatic N) is 1. The molecule has 0 aromatic heterocycles. The van der Waals surface area contributed by atoms with E-state index >= 15 is 0 Å². The zero-order valence-electron chi connectivity index (χ0n) is 9.03. The minimum atomic E-state index is -0.573. The Morgan fingerprint density at radius 2 is 2.24 bits per heavy atom. The van der Waals surface area contributed by atoms with Crippen LogP contribution < -0.4 is 5.73 Å². The predicted octanol–water partition coefficient (Wildman–Crippen LogP) is 2.07. The zero-order chi connectivity index (χ0) is 11.7. The molecule has 1 fully saturated rings. The molecule has 0 bridgehead atoms. The fraction of sp³-hybridized carbons (Fsp3) is 0.364. The molecule has 2 N–H and O–H groups in total. The first-order valence-corrected chi connectivity index (χ1v) is 5.45. The summed E-state index contributed by atoms with van der Waals surface area (Å²) < 4.78 is 13.2. The second-order valence-electron chi connectivity index (χ2n) is 3.93. The molecule has 1 saturated heterocycles.